The zero-order chi connectivity index (χ0) is 22.0. The minimum atomic E-state index is -0.350. The van der Waals surface area contributed by atoms with Crippen LogP contribution in [0, 0.1) is 5.92 Å². The van der Waals surface area contributed by atoms with Gasteiger partial charge in [0.2, 0.25) is 0 Å². The van der Waals surface area contributed by atoms with Gasteiger partial charge in [0.1, 0.15) is 11.4 Å². The molecule has 1 atom stereocenters. The number of benzene rings is 2. The highest BCUT2D eigenvalue weighted by Crippen LogP contribution is 2.39. The molecule has 2 aliphatic heterocycles. The first-order valence-electron chi connectivity index (χ1n) is 10.8. The zero-order valence-electron chi connectivity index (χ0n) is 18.0. The Labute approximate surface area is 182 Å². The summed E-state index contributed by atoms with van der Waals surface area (Å²) < 4.78 is 5.90. The third-order valence-corrected chi connectivity index (χ3v) is 5.68. The van der Waals surface area contributed by atoms with Crippen LogP contribution in [0.2, 0.25) is 0 Å². The molecule has 4 rings (SSSR count). The van der Waals surface area contributed by atoms with Crippen LogP contribution in [0.1, 0.15) is 32.3 Å². The van der Waals surface area contributed by atoms with E-state index in [1.54, 1.807) is 18.2 Å². The van der Waals surface area contributed by atoms with Crippen LogP contribution in [0.5, 0.6) is 5.75 Å². The van der Waals surface area contributed by atoms with Crippen LogP contribution in [0.3, 0.4) is 0 Å². The molecular weight excluding hydrogens is 392 g/mol. The van der Waals surface area contributed by atoms with Gasteiger partial charge in [0, 0.05) is 19.7 Å². The average molecular weight is 421 g/mol. The van der Waals surface area contributed by atoms with Gasteiger partial charge in [-0.1, -0.05) is 42.5 Å². The molecule has 1 unspecified atom stereocenters. The normalized spacial score (nSPS) is 19.5. The number of piperidine rings is 1. The van der Waals surface area contributed by atoms with Crippen LogP contribution in [0.15, 0.2) is 60.3 Å². The van der Waals surface area contributed by atoms with Crippen molar-refractivity contribution >= 4 is 23.1 Å². The van der Waals surface area contributed by atoms with E-state index in [1.165, 1.54) is 4.90 Å². The van der Waals surface area contributed by atoms with E-state index < -0.39 is 0 Å². The number of ether oxygens (including phenoxy) is 1. The van der Waals surface area contributed by atoms with E-state index in [0.29, 0.717) is 41.4 Å². The number of anilines is 1. The number of amides is 2. The number of hydrogen-bond acceptors (Lipinski definition) is 5. The predicted octanol–water partition coefficient (Wildman–Crippen LogP) is 3.46. The van der Waals surface area contributed by atoms with Crippen molar-refractivity contribution in [2.75, 3.05) is 24.6 Å². The summed E-state index contributed by atoms with van der Waals surface area (Å²) in [6.07, 6.45) is 1.69. The van der Waals surface area contributed by atoms with E-state index in [1.807, 2.05) is 55.1 Å². The molecule has 162 valence electrons. The summed E-state index contributed by atoms with van der Waals surface area (Å²) in [6, 6.07) is 16.5. The molecule has 1 saturated heterocycles. The number of imide groups is 1. The van der Waals surface area contributed by atoms with Gasteiger partial charge in [0.05, 0.1) is 17.4 Å². The lowest BCUT2D eigenvalue weighted by Crippen LogP contribution is -2.40. The summed E-state index contributed by atoms with van der Waals surface area (Å²) in [6.45, 7) is 5.12. The molecule has 0 aromatic heterocycles. The fourth-order valence-electron chi connectivity index (χ4n) is 4.31. The first kappa shape index (κ1) is 21.1. The molecule has 2 aromatic carbocycles. The standard InChI is InChI=1S/C25H28N2O4/c1-17(2)31-21-13-7-6-12-20(21)27-24(29)22(19-10-4-3-5-11-19)23(25(27)30)26-14-8-9-18(15-26)16-28/h3-7,10-13,17-18,28H,8-9,14-16H2,1-2H3. The maximum atomic E-state index is 13.7. The summed E-state index contributed by atoms with van der Waals surface area (Å²) in [4.78, 5) is 30.6. The zero-order valence-corrected chi connectivity index (χ0v) is 18.0. The lowest BCUT2D eigenvalue weighted by molar-refractivity contribution is -0.121. The van der Waals surface area contributed by atoms with E-state index in [9.17, 15) is 14.7 Å². The molecule has 2 aromatic rings. The second kappa shape index (κ2) is 8.94. The topological polar surface area (TPSA) is 70.1 Å². The SMILES string of the molecule is CC(C)Oc1ccccc1N1C(=O)C(c2ccccc2)=C(N2CCCC(CO)C2)C1=O. The molecule has 2 heterocycles. The number of para-hydroxylation sites is 2. The third-order valence-electron chi connectivity index (χ3n) is 5.68. The Morgan fingerprint density at radius 3 is 2.45 bits per heavy atom. The first-order valence-corrected chi connectivity index (χ1v) is 10.8. The highest BCUT2D eigenvalue weighted by molar-refractivity contribution is 6.45. The van der Waals surface area contributed by atoms with Crippen LogP contribution in [0.4, 0.5) is 5.69 Å². The minimum absolute atomic E-state index is 0.0708. The van der Waals surface area contributed by atoms with Gasteiger partial charge in [-0.15, -0.1) is 0 Å². The van der Waals surface area contributed by atoms with Gasteiger partial charge in [-0.25, -0.2) is 4.90 Å². The maximum absolute atomic E-state index is 13.7. The van der Waals surface area contributed by atoms with E-state index in [-0.39, 0.29) is 30.4 Å². The molecule has 0 spiro atoms. The average Bonchev–Trinajstić information content (AvgIpc) is 3.04. The Morgan fingerprint density at radius 2 is 1.74 bits per heavy atom. The fourth-order valence-corrected chi connectivity index (χ4v) is 4.31. The Morgan fingerprint density at radius 1 is 1.03 bits per heavy atom. The number of hydrogen-bond donors (Lipinski definition) is 1. The van der Waals surface area contributed by atoms with Gasteiger partial charge in [-0.05, 0) is 50.3 Å². The quantitative estimate of drug-likeness (QED) is 0.725. The molecule has 0 aliphatic carbocycles. The smallest absolute Gasteiger partial charge is 0.282 e. The van der Waals surface area contributed by atoms with Crippen LogP contribution in [0.25, 0.3) is 5.57 Å². The van der Waals surface area contributed by atoms with Gasteiger partial charge in [0.25, 0.3) is 11.8 Å². The first-order chi connectivity index (χ1) is 15.0. The van der Waals surface area contributed by atoms with Crippen LogP contribution in [-0.2, 0) is 9.59 Å². The fraction of sp³-hybridized carbons (Fsp3) is 0.360. The number of carbonyl (C=O) groups is 2. The number of rotatable bonds is 6. The van der Waals surface area contributed by atoms with Gasteiger partial charge in [-0.3, -0.25) is 9.59 Å². The van der Waals surface area contributed by atoms with Crippen molar-refractivity contribution in [1.82, 2.24) is 4.90 Å². The Bertz CT molecular complexity index is 1000. The number of carbonyl (C=O) groups excluding carboxylic acids is 2. The number of nitrogens with zero attached hydrogens (tertiary/aromatic N) is 2. The minimum Gasteiger partial charge on any atom is -0.489 e. The summed E-state index contributed by atoms with van der Waals surface area (Å²) in [7, 11) is 0. The van der Waals surface area contributed by atoms with Crippen molar-refractivity contribution in [3.63, 3.8) is 0 Å². The molecule has 0 radical (unpaired) electrons. The van der Waals surface area contributed by atoms with Gasteiger partial charge in [0.15, 0.2) is 0 Å². The Hall–Kier alpha value is -3.12. The van der Waals surface area contributed by atoms with E-state index in [4.69, 9.17) is 4.74 Å². The predicted molar refractivity (Wildman–Crippen MR) is 119 cm³/mol. The van der Waals surface area contributed by atoms with Crippen molar-refractivity contribution in [3.05, 3.63) is 65.9 Å². The molecule has 2 amide bonds. The van der Waals surface area contributed by atoms with Crippen LogP contribution >= 0.6 is 0 Å². The summed E-state index contributed by atoms with van der Waals surface area (Å²) in [5.74, 6) is -0.106. The number of likely N-dealkylation sites (tertiary alicyclic amines) is 1. The number of aliphatic hydroxyl groups excluding tert-OH is 1. The summed E-state index contributed by atoms with van der Waals surface area (Å²) in [5, 5.41) is 9.68. The van der Waals surface area contributed by atoms with Crippen LogP contribution < -0.4 is 9.64 Å². The highest BCUT2D eigenvalue weighted by atomic mass is 16.5. The van der Waals surface area contributed by atoms with Gasteiger partial charge < -0.3 is 14.7 Å². The van der Waals surface area contributed by atoms with E-state index in [0.717, 1.165) is 12.8 Å². The maximum Gasteiger partial charge on any atom is 0.282 e. The Kier molecular flexibility index (Phi) is 6.09. The molecule has 0 bridgehead atoms. The van der Waals surface area contributed by atoms with Crippen molar-refractivity contribution in [1.29, 1.82) is 0 Å². The molecule has 6 nitrogen and oxygen atoms in total. The van der Waals surface area contributed by atoms with Gasteiger partial charge in [-0.2, -0.15) is 0 Å². The lowest BCUT2D eigenvalue weighted by Gasteiger charge is -2.34. The van der Waals surface area contributed by atoms with Crippen molar-refractivity contribution < 1.29 is 19.4 Å². The van der Waals surface area contributed by atoms with E-state index >= 15 is 0 Å². The monoisotopic (exact) mass is 420 g/mol. The van der Waals surface area contributed by atoms with Crippen molar-refractivity contribution in [2.24, 2.45) is 5.92 Å². The van der Waals surface area contributed by atoms with Crippen molar-refractivity contribution in [3.8, 4) is 5.75 Å². The molecule has 0 saturated carbocycles. The third kappa shape index (κ3) is 4.08. The summed E-state index contributed by atoms with van der Waals surface area (Å²) in [5.41, 5.74) is 1.98. The van der Waals surface area contributed by atoms with Crippen LogP contribution in [-0.4, -0.2) is 47.6 Å². The lowest BCUT2D eigenvalue weighted by atomic mass is 9.97. The van der Waals surface area contributed by atoms with E-state index in [2.05, 4.69) is 0 Å². The molecule has 1 fully saturated rings. The number of aliphatic hydroxyl groups is 1. The van der Waals surface area contributed by atoms with Gasteiger partial charge >= 0.3 is 0 Å². The second-order valence-electron chi connectivity index (χ2n) is 8.31. The second-order valence-corrected chi connectivity index (χ2v) is 8.31. The molecule has 1 N–H and O–H groups in total. The molecular formula is C25H28N2O4. The molecule has 2 aliphatic rings. The molecule has 6 heteroatoms. The highest BCUT2D eigenvalue weighted by Gasteiger charge is 2.44. The summed E-state index contributed by atoms with van der Waals surface area (Å²) >= 11 is 0. The molecule has 31 heavy (non-hydrogen) atoms. The van der Waals surface area contributed by atoms with Crippen molar-refractivity contribution in [2.45, 2.75) is 32.8 Å². The Balaban J connectivity index is 1.80. The largest absolute Gasteiger partial charge is 0.489 e.